The minimum atomic E-state index is -3.33. The van der Waals surface area contributed by atoms with Crippen molar-refractivity contribution in [2.24, 2.45) is 0 Å². The van der Waals surface area contributed by atoms with Crippen LogP contribution >= 0.6 is 11.6 Å². The lowest BCUT2D eigenvalue weighted by atomic mass is 10.1. The smallest absolute Gasteiger partial charge is 0.241 e. The van der Waals surface area contributed by atoms with Gasteiger partial charge in [-0.05, 0) is 54.4 Å². The van der Waals surface area contributed by atoms with Gasteiger partial charge in [0.25, 0.3) is 0 Å². The molecule has 30 heavy (non-hydrogen) atoms. The molecule has 0 aliphatic heterocycles. The zero-order valence-corrected chi connectivity index (χ0v) is 17.8. The van der Waals surface area contributed by atoms with E-state index in [0.717, 1.165) is 17.4 Å². The molecule has 1 aromatic heterocycles. The van der Waals surface area contributed by atoms with Crippen LogP contribution in [-0.4, -0.2) is 24.6 Å². The highest BCUT2D eigenvalue weighted by Gasteiger charge is 2.10. The van der Waals surface area contributed by atoms with Crippen LogP contribution in [-0.2, 0) is 10.0 Å². The molecule has 0 aliphatic carbocycles. The van der Waals surface area contributed by atoms with Gasteiger partial charge in [-0.1, -0.05) is 41.9 Å². The topological polar surface area (TPSA) is 81.2 Å². The van der Waals surface area contributed by atoms with E-state index in [2.05, 4.69) is 14.7 Å². The first-order chi connectivity index (χ1) is 14.3. The highest BCUT2D eigenvalue weighted by atomic mass is 35.5. The Hall–Kier alpha value is -3.16. The van der Waals surface area contributed by atoms with Crippen LogP contribution < -0.4 is 9.46 Å². The lowest BCUT2D eigenvalue weighted by Crippen LogP contribution is -2.09. The molecule has 0 amide bonds. The molecule has 6 nitrogen and oxygen atoms in total. The average molecular weight is 440 g/mol. The fourth-order valence-corrected chi connectivity index (χ4v) is 3.78. The van der Waals surface area contributed by atoms with Crippen molar-refractivity contribution in [3.8, 4) is 22.8 Å². The minimum Gasteiger partial charge on any atom is -0.437 e. The van der Waals surface area contributed by atoms with Crippen molar-refractivity contribution in [3.05, 3.63) is 77.4 Å². The second-order valence-corrected chi connectivity index (χ2v) is 8.96. The molecule has 4 rings (SSSR count). The Morgan fingerprint density at radius 2 is 1.67 bits per heavy atom. The SMILES string of the molecule is Cc1nc2c(Cl)cccc2nc1Oc1ccc(-c2cccc(NS(C)(=O)=O)c2)cc1. The molecule has 0 fully saturated rings. The number of anilines is 1. The molecular weight excluding hydrogens is 422 g/mol. The molecule has 0 spiro atoms. The van der Waals surface area contributed by atoms with Gasteiger partial charge in [0, 0.05) is 5.69 Å². The lowest BCUT2D eigenvalue weighted by molar-refractivity contribution is 0.458. The number of nitrogens with zero attached hydrogens (tertiary/aromatic N) is 2. The van der Waals surface area contributed by atoms with Gasteiger partial charge in [0.2, 0.25) is 15.9 Å². The first-order valence-corrected chi connectivity index (χ1v) is 11.3. The van der Waals surface area contributed by atoms with Crippen LogP contribution in [0.15, 0.2) is 66.7 Å². The van der Waals surface area contributed by atoms with Crippen LogP contribution in [0.1, 0.15) is 5.69 Å². The Morgan fingerprint density at radius 1 is 0.933 bits per heavy atom. The van der Waals surface area contributed by atoms with Gasteiger partial charge in [0.15, 0.2) is 0 Å². The molecular formula is C22H18ClN3O3S. The maximum Gasteiger partial charge on any atom is 0.241 e. The summed E-state index contributed by atoms with van der Waals surface area (Å²) in [4.78, 5) is 9.02. The molecule has 152 valence electrons. The number of fused-ring (bicyclic) bond motifs is 1. The van der Waals surface area contributed by atoms with Gasteiger partial charge in [-0.25, -0.2) is 18.4 Å². The third-order valence-corrected chi connectivity index (χ3v) is 5.26. The maximum atomic E-state index is 11.4. The van der Waals surface area contributed by atoms with Crippen LogP contribution in [0.2, 0.25) is 5.02 Å². The third-order valence-electron chi connectivity index (χ3n) is 4.34. The first-order valence-electron chi connectivity index (χ1n) is 9.07. The van der Waals surface area contributed by atoms with Gasteiger partial charge in [0.05, 0.1) is 16.8 Å². The largest absolute Gasteiger partial charge is 0.437 e. The van der Waals surface area contributed by atoms with Crippen molar-refractivity contribution in [2.45, 2.75) is 6.92 Å². The number of hydrogen-bond donors (Lipinski definition) is 1. The van der Waals surface area contributed by atoms with Crippen LogP contribution in [0, 0.1) is 6.92 Å². The van der Waals surface area contributed by atoms with Gasteiger partial charge in [-0.3, -0.25) is 4.72 Å². The number of nitrogens with one attached hydrogen (secondary N) is 1. The number of para-hydroxylation sites is 1. The maximum absolute atomic E-state index is 11.4. The highest BCUT2D eigenvalue weighted by Crippen LogP contribution is 2.29. The molecule has 4 aromatic rings. The van der Waals surface area contributed by atoms with Gasteiger partial charge in [0.1, 0.15) is 17.0 Å². The van der Waals surface area contributed by atoms with E-state index in [4.69, 9.17) is 16.3 Å². The Bertz CT molecular complexity index is 1340. The number of hydrogen-bond acceptors (Lipinski definition) is 5. The van der Waals surface area contributed by atoms with E-state index >= 15 is 0 Å². The second-order valence-electron chi connectivity index (χ2n) is 6.80. The summed E-state index contributed by atoms with van der Waals surface area (Å²) in [6.45, 7) is 1.82. The van der Waals surface area contributed by atoms with E-state index in [1.165, 1.54) is 0 Å². The molecule has 3 aromatic carbocycles. The number of rotatable bonds is 5. The van der Waals surface area contributed by atoms with Crippen LogP contribution in [0.3, 0.4) is 0 Å². The van der Waals surface area contributed by atoms with E-state index in [9.17, 15) is 8.42 Å². The summed E-state index contributed by atoms with van der Waals surface area (Å²) in [6.07, 6.45) is 1.12. The fraction of sp³-hybridized carbons (Fsp3) is 0.0909. The zero-order valence-electron chi connectivity index (χ0n) is 16.3. The van der Waals surface area contributed by atoms with Crippen molar-refractivity contribution in [1.29, 1.82) is 0 Å². The Balaban J connectivity index is 1.58. The molecule has 0 atom stereocenters. The minimum absolute atomic E-state index is 0.414. The highest BCUT2D eigenvalue weighted by molar-refractivity contribution is 7.92. The average Bonchev–Trinajstić information content (AvgIpc) is 2.69. The molecule has 0 aliphatic rings. The number of sulfonamides is 1. The summed E-state index contributed by atoms with van der Waals surface area (Å²) < 4.78 is 31.3. The molecule has 0 unspecified atom stereocenters. The Kier molecular flexibility index (Phi) is 5.32. The summed E-state index contributed by atoms with van der Waals surface area (Å²) in [6, 6.07) is 20.1. The summed E-state index contributed by atoms with van der Waals surface area (Å²) in [5, 5.41) is 0.548. The summed E-state index contributed by atoms with van der Waals surface area (Å²) >= 11 is 6.18. The first kappa shape index (κ1) is 20.1. The summed E-state index contributed by atoms with van der Waals surface area (Å²) in [7, 11) is -3.33. The quantitative estimate of drug-likeness (QED) is 0.449. The van der Waals surface area contributed by atoms with E-state index in [1.54, 1.807) is 24.3 Å². The van der Waals surface area contributed by atoms with Gasteiger partial charge >= 0.3 is 0 Å². The number of aromatic nitrogens is 2. The summed E-state index contributed by atoms with van der Waals surface area (Å²) in [5.41, 5.74) is 4.26. The molecule has 8 heteroatoms. The van der Waals surface area contributed by atoms with Crippen molar-refractivity contribution in [2.75, 3.05) is 11.0 Å². The van der Waals surface area contributed by atoms with Crippen molar-refractivity contribution < 1.29 is 13.2 Å². The Morgan fingerprint density at radius 3 is 2.40 bits per heavy atom. The molecule has 0 saturated heterocycles. The fourth-order valence-electron chi connectivity index (χ4n) is 3.01. The van der Waals surface area contributed by atoms with Crippen molar-refractivity contribution >= 4 is 38.3 Å². The van der Waals surface area contributed by atoms with Crippen LogP contribution in [0.5, 0.6) is 11.6 Å². The third kappa shape index (κ3) is 4.53. The number of benzene rings is 3. The molecule has 0 saturated carbocycles. The summed E-state index contributed by atoms with van der Waals surface area (Å²) in [5.74, 6) is 1.03. The molecule has 1 N–H and O–H groups in total. The molecule has 1 heterocycles. The van der Waals surface area contributed by atoms with Gasteiger partial charge < -0.3 is 4.74 Å². The normalized spacial score (nSPS) is 11.4. The molecule has 0 radical (unpaired) electrons. The van der Waals surface area contributed by atoms with Gasteiger partial charge in [-0.15, -0.1) is 0 Å². The number of aryl methyl sites for hydroxylation is 1. The molecule has 0 bridgehead atoms. The van der Waals surface area contributed by atoms with E-state index in [1.807, 2.05) is 49.4 Å². The van der Waals surface area contributed by atoms with E-state index in [0.29, 0.717) is 39.1 Å². The van der Waals surface area contributed by atoms with Gasteiger partial charge in [-0.2, -0.15) is 0 Å². The van der Waals surface area contributed by atoms with Crippen molar-refractivity contribution in [3.63, 3.8) is 0 Å². The van der Waals surface area contributed by atoms with Crippen LogP contribution in [0.4, 0.5) is 5.69 Å². The second kappa shape index (κ2) is 7.93. The predicted octanol–water partition coefficient (Wildman–Crippen LogP) is 5.42. The predicted molar refractivity (Wildman–Crippen MR) is 120 cm³/mol. The van der Waals surface area contributed by atoms with E-state index < -0.39 is 10.0 Å². The monoisotopic (exact) mass is 439 g/mol. The van der Waals surface area contributed by atoms with Crippen LogP contribution in [0.25, 0.3) is 22.2 Å². The lowest BCUT2D eigenvalue weighted by Gasteiger charge is -2.10. The number of ether oxygens (including phenoxy) is 1. The van der Waals surface area contributed by atoms with E-state index in [-0.39, 0.29) is 0 Å². The Labute approximate surface area is 179 Å². The van der Waals surface area contributed by atoms with Crippen molar-refractivity contribution in [1.82, 2.24) is 9.97 Å². The zero-order chi connectivity index (χ0) is 21.3. The number of halogens is 1. The standard InChI is InChI=1S/C22H18ClN3O3S/c1-14-22(25-20-8-4-7-19(23)21(20)24-14)29-18-11-9-15(10-12-18)16-5-3-6-17(13-16)26-30(2,27)28/h3-13,26H,1-2H3.